The van der Waals surface area contributed by atoms with Crippen LogP contribution in [0.25, 0.3) is 0 Å². The van der Waals surface area contributed by atoms with Gasteiger partial charge in [0, 0.05) is 4.43 Å². The molecule has 0 aliphatic carbocycles. The summed E-state index contributed by atoms with van der Waals surface area (Å²) in [5.41, 5.74) is 0. The number of halogens is 2. The van der Waals surface area contributed by atoms with Crippen LogP contribution in [0, 0.1) is 0 Å². The minimum Gasteiger partial charge on any atom is -0.303 e. The van der Waals surface area contributed by atoms with E-state index in [1.54, 1.807) is 0 Å². The molecular weight excluding hydrogens is 340 g/mol. The first kappa shape index (κ1) is 10.2. The molecule has 1 atom stereocenters. The van der Waals surface area contributed by atoms with Gasteiger partial charge in [0.15, 0.2) is 0 Å². The van der Waals surface area contributed by atoms with Crippen LogP contribution in [0.3, 0.4) is 0 Å². The summed E-state index contributed by atoms with van der Waals surface area (Å²) in [5.74, 6) is 0. The molecule has 0 fully saturated rings. The number of hydrogen-bond acceptors (Lipinski definition) is 1. The van der Waals surface area contributed by atoms with Gasteiger partial charge in [-0.15, -0.1) is 0 Å². The van der Waals surface area contributed by atoms with Gasteiger partial charge in [0.25, 0.3) is 0 Å². The highest BCUT2D eigenvalue weighted by molar-refractivity contribution is 14.1. The molecule has 1 N–H and O–H groups in total. The Hall–Kier alpha value is 1.16. The summed E-state index contributed by atoms with van der Waals surface area (Å²) >= 11 is 4.69. The van der Waals surface area contributed by atoms with Gasteiger partial charge in [-0.1, -0.05) is 64.3 Å². The van der Waals surface area contributed by atoms with Crippen molar-refractivity contribution in [2.45, 2.75) is 11.0 Å². The zero-order chi connectivity index (χ0) is 7.11. The smallest absolute Gasteiger partial charge is 0.0779 e. The first-order chi connectivity index (χ1) is 4.31. The fourth-order valence-corrected chi connectivity index (χ4v) is 1.46. The van der Waals surface area contributed by atoms with Gasteiger partial charge in [0.2, 0.25) is 0 Å². The summed E-state index contributed by atoms with van der Waals surface area (Å²) in [6.45, 7) is 3.16. The Labute approximate surface area is 83.9 Å². The molecule has 0 aromatic heterocycles. The number of alkyl halides is 2. The molecule has 0 bridgehead atoms. The Morgan fingerprint density at radius 3 is 2.78 bits per heavy atom. The highest BCUT2D eigenvalue weighted by Gasteiger charge is 1.90. The maximum Gasteiger partial charge on any atom is 0.0779 e. The third kappa shape index (κ3) is 7.05. The molecule has 0 saturated carbocycles. The Kier molecular flexibility index (Phi) is 8.21. The second kappa shape index (κ2) is 7.27. The monoisotopic (exact) mass is 351 g/mol. The van der Waals surface area contributed by atoms with E-state index in [4.69, 9.17) is 0 Å². The number of rotatable bonds is 4. The predicted octanol–water partition coefficient (Wildman–Crippen LogP) is 2.35. The number of hydrogen-bond donors (Lipinski definition) is 1. The van der Waals surface area contributed by atoms with E-state index in [1.165, 1.54) is 0 Å². The van der Waals surface area contributed by atoms with Crippen LogP contribution in [0.2, 0.25) is 0 Å². The summed E-state index contributed by atoms with van der Waals surface area (Å²) in [4.78, 5) is 0. The minimum atomic E-state index is 0.502. The molecular formula is C6H11I2N. The normalized spacial score (nSPS) is 14.6. The summed E-state index contributed by atoms with van der Waals surface area (Å²) < 4.78 is 1.60. The topological polar surface area (TPSA) is 12.0 Å². The number of nitrogens with one attached hydrogen (secondary N) is 1. The van der Waals surface area contributed by atoms with Crippen molar-refractivity contribution in [3.63, 3.8) is 0 Å². The highest BCUT2D eigenvalue weighted by Crippen LogP contribution is 1.97. The lowest BCUT2D eigenvalue weighted by molar-refractivity contribution is 0.780. The summed E-state index contributed by atoms with van der Waals surface area (Å²) in [5, 5.41) is 3.28. The van der Waals surface area contributed by atoms with Crippen molar-refractivity contribution < 1.29 is 0 Å². The lowest BCUT2D eigenvalue weighted by Crippen LogP contribution is -2.19. The average molecular weight is 351 g/mol. The van der Waals surface area contributed by atoms with Crippen LogP contribution in [0.5, 0.6) is 0 Å². The van der Waals surface area contributed by atoms with Gasteiger partial charge in [-0.05, 0) is 6.54 Å². The van der Waals surface area contributed by atoms with E-state index >= 15 is 0 Å². The van der Waals surface area contributed by atoms with Crippen molar-refractivity contribution >= 4 is 45.2 Å². The summed E-state index contributed by atoms with van der Waals surface area (Å²) in [7, 11) is 0. The minimum absolute atomic E-state index is 0.502. The van der Waals surface area contributed by atoms with E-state index in [9.17, 15) is 0 Å². The second-order valence-electron chi connectivity index (χ2n) is 1.54. The largest absolute Gasteiger partial charge is 0.303 e. The average Bonchev–Trinajstić information content (AvgIpc) is 1.85. The molecule has 0 heterocycles. The van der Waals surface area contributed by atoms with Crippen LogP contribution in [0.4, 0.5) is 0 Å². The van der Waals surface area contributed by atoms with Crippen LogP contribution >= 0.6 is 45.2 Å². The van der Waals surface area contributed by atoms with Crippen LogP contribution in [-0.2, 0) is 0 Å². The lowest BCUT2D eigenvalue weighted by Gasteiger charge is -2.02. The third-order valence-corrected chi connectivity index (χ3v) is 2.16. The summed E-state index contributed by atoms with van der Waals surface area (Å²) in [6, 6.07) is 0. The third-order valence-electron chi connectivity index (χ3n) is 0.793. The first-order valence-electron chi connectivity index (χ1n) is 2.91. The van der Waals surface area contributed by atoms with Crippen molar-refractivity contribution in [3.05, 3.63) is 12.2 Å². The molecule has 0 aliphatic rings. The van der Waals surface area contributed by atoms with Crippen LogP contribution in [0.15, 0.2) is 12.2 Å². The number of likely N-dealkylation sites (N-methyl/N-ethyl adjacent to an activating group) is 1. The molecule has 0 radical (unpaired) electrons. The van der Waals surface area contributed by atoms with Crippen LogP contribution in [0.1, 0.15) is 6.92 Å². The summed E-state index contributed by atoms with van der Waals surface area (Å²) in [6.07, 6.45) is 4.34. The Bertz CT molecular complexity index is 83.1. The standard InChI is InChI=1S/C6H11I2N/c1-2-9-6(8)4-3-5-7/h3-4,6,9H,2,5H2,1H3/b4-3-. The van der Waals surface area contributed by atoms with Gasteiger partial charge >= 0.3 is 0 Å². The van der Waals surface area contributed by atoms with E-state index < -0.39 is 0 Å². The van der Waals surface area contributed by atoms with Gasteiger partial charge < -0.3 is 5.32 Å². The van der Waals surface area contributed by atoms with Crippen molar-refractivity contribution in [3.8, 4) is 0 Å². The maximum absolute atomic E-state index is 3.28. The van der Waals surface area contributed by atoms with Gasteiger partial charge in [0.05, 0.1) is 4.05 Å². The molecule has 0 amide bonds. The fraction of sp³-hybridized carbons (Fsp3) is 0.667. The SMILES string of the molecule is CCNC(I)/C=C\CI. The zero-order valence-corrected chi connectivity index (χ0v) is 9.72. The second-order valence-corrected chi connectivity index (χ2v) is 3.76. The first-order valence-corrected chi connectivity index (χ1v) is 5.68. The zero-order valence-electron chi connectivity index (χ0n) is 5.40. The van der Waals surface area contributed by atoms with Crippen molar-refractivity contribution in [1.82, 2.24) is 5.32 Å². The molecule has 0 rings (SSSR count). The van der Waals surface area contributed by atoms with E-state index in [0.717, 1.165) is 11.0 Å². The number of allylic oxidation sites excluding steroid dienone is 1. The van der Waals surface area contributed by atoms with Crippen LogP contribution < -0.4 is 5.32 Å². The molecule has 0 spiro atoms. The highest BCUT2D eigenvalue weighted by atomic mass is 127. The molecule has 3 heteroatoms. The van der Waals surface area contributed by atoms with Gasteiger partial charge in [-0.3, -0.25) is 0 Å². The molecule has 54 valence electrons. The van der Waals surface area contributed by atoms with Gasteiger partial charge in [-0.2, -0.15) is 0 Å². The molecule has 1 unspecified atom stereocenters. The molecule has 0 aliphatic heterocycles. The van der Waals surface area contributed by atoms with Crippen molar-refractivity contribution in [2.75, 3.05) is 11.0 Å². The molecule has 0 aromatic carbocycles. The van der Waals surface area contributed by atoms with E-state index in [2.05, 4.69) is 69.6 Å². The van der Waals surface area contributed by atoms with E-state index in [1.807, 2.05) is 0 Å². The predicted molar refractivity (Wildman–Crippen MR) is 59.5 cm³/mol. The van der Waals surface area contributed by atoms with E-state index in [-0.39, 0.29) is 0 Å². The molecule has 1 nitrogen and oxygen atoms in total. The van der Waals surface area contributed by atoms with Crippen molar-refractivity contribution in [1.29, 1.82) is 0 Å². The van der Waals surface area contributed by atoms with Gasteiger partial charge in [-0.25, -0.2) is 0 Å². The van der Waals surface area contributed by atoms with E-state index in [0.29, 0.717) is 4.05 Å². The molecule has 9 heavy (non-hydrogen) atoms. The maximum atomic E-state index is 3.28. The Morgan fingerprint density at radius 1 is 1.67 bits per heavy atom. The molecule has 0 aromatic rings. The Morgan fingerprint density at radius 2 is 2.33 bits per heavy atom. The lowest BCUT2D eigenvalue weighted by atomic mass is 10.5. The van der Waals surface area contributed by atoms with Gasteiger partial charge in [0.1, 0.15) is 0 Å². The van der Waals surface area contributed by atoms with Crippen molar-refractivity contribution in [2.24, 2.45) is 0 Å². The Balaban J connectivity index is 3.25. The fourth-order valence-electron chi connectivity index (χ4n) is 0.434. The quantitative estimate of drug-likeness (QED) is 0.355. The molecule has 0 saturated heterocycles. The van der Waals surface area contributed by atoms with Crippen LogP contribution in [-0.4, -0.2) is 15.0 Å².